The monoisotopic (exact) mass is 462 g/mol. The number of halogens is 1. The van der Waals surface area contributed by atoms with E-state index in [0.717, 1.165) is 54.0 Å². The number of hydrogen-bond acceptors (Lipinski definition) is 7. The van der Waals surface area contributed by atoms with Crippen LogP contribution in [-0.2, 0) is 0 Å². The summed E-state index contributed by atoms with van der Waals surface area (Å²) in [6.07, 6.45) is 7.51. The molecule has 1 aromatic heterocycles. The highest BCUT2D eigenvalue weighted by Crippen LogP contribution is 2.42. The van der Waals surface area contributed by atoms with E-state index in [0.29, 0.717) is 16.9 Å². The Balaban J connectivity index is 1.31. The minimum atomic E-state index is 0.185. The molecule has 3 aliphatic rings. The van der Waals surface area contributed by atoms with Gasteiger partial charge in [-0.15, -0.1) is 0 Å². The Morgan fingerprint density at radius 2 is 2.03 bits per heavy atom. The SMILES string of the molecule is CN1CC(c2cc(Nc3ncc4cc(C5CC5)cc(Cl)c4n3)cc(O[C@H]3CCNC3)c2)C=N1. The lowest BCUT2D eigenvalue weighted by Crippen LogP contribution is -2.20. The number of likely N-dealkylation sites (N-methyl/N-ethyl adjacent to an activating group) is 1. The van der Waals surface area contributed by atoms with Gasteiger partial charge in [-0.2, -0.15) is 5.10 Å². The van der Waals surface area contributed by atoms with Gasteiger partial charge in [0.1, 0.15) is 11.9 Å². The van der Waals surface area contributed by atoms with Crippen LogP contribution in [0.25, 0.3) is 10.9 Å². The van der Waals surface area contributed by atoms with Crippen molar-refractivity contribution in [2.24, 2.45) is 5.10 Å². The Kier molecular flexibility index (Phi) is 5.31. The summed E-state index contributed by atoms with van der Waals surface area (Å²) in [4.78, 5) is 9.29. The molecule has 2 fully saturated rings. The molecule has 0 amide bonds. The number of anilines is 2. The van der Waals surface area contributed by atoms with Gasteiger partial charge in [0, 0.05) is 55.6 Å². The van der Waals surface area contributed by atoms with Crippen LogP contribution in [0.2, 0.25) is 5.02 Å². The number of benzene rings is 2. The Morgan fingerprint density at radius 1 is 1.12 bits per heavy atom. The zero-order valence-corrected chi connectivity index (χ0v) is 19.3. The molecule has 1 aliphatic carbocycles. The zero-order valence-electron chi connectivity index (χ0n) is 18.6. The number of fused-ring (bicyclic) bond motifs is 1. The second kappa shape index (κ2) is 8.47. The summed E-state index contributed by atoms with van der Waals surface area (Å²) in [5.41, 5.74) is 4.10. The maximum atomic E-state index is 6.59. The van der Waals surface area contributed by atoms with E-state index in [-0.39, 0.29) is 12.0 Å². The van der Waals surface area contributed by atoms with Gasteiger partial charge in [-0.05, 0) is 67.1 Å². The average molecular weight is 463 g/mol. The minimum absolute atomic E-state index is 0.185. The van der Waals surface area contributed by atoms with Gasteiger partial charge in [0.15, 0.2) is 0 Å². The van der Waals surface area contributed by atoms with Crippen molar-refractivity contribution in [3.05, 3.63) is 52.7 Å². The maximum Gasteiger partial charge on any atom is 0.227 e. The molecule has 3 heterocycles. The lowest BCUT2D eigenvalue weighted by molar-refractivity contribution is 0.223. The average Bonchev–Trinajstić information content (AvgIpc) is 3.36. The molecular weight excluding hydrogens is 436 g/mol. The van der Waals surface area contributed by atoms with Crippen LogP contribution in [0.15, 0.2) is 41.6 Å². The molecule has 6 rings (SSSR count). The van der Waals surface area contributed by atoms with Gasteiger partial charge in [-0.25, -0.2) is 9.97 Å². The normalized spacial score (nSPS) is 22.3. The number of nitrogens with one attached hydrogen (secondary N) is 2. The van der Waals surface area contributed by atoms with Gasteiger partial charge >= 0.3 is 0 Å². The molecule has 3 aromatic rings. The first kappa shape index (κ1) is 20.7. The van der Waals surface area contributed by atoms with E-state index in [1.807, 2.05) is 30.5 Å². The van der Waals surface area contributed by atoms with Crippen LogP contribution in [0.1, 0.15) is 42.2 Å². The number of nitrogens with zero attached hydrogens (tertiary/aromatic N) is 4. The van der Waals surface area contributed by atoms with E-state index in [1.54, 1.807) is 0 Å². The molecule has 0 radical (unpaired) electrons. The number of aromatic nitrogens is 2. The first-order valence-electron chi connectivity index (χ1n) is 11.6. The van der Waals surface area contributed by atoms with E-state index in [2.05, 4.69) is 45.0 Å². The van der Waals surface area contributed by atoms with Crippen LogP contribution in [0.5, 0.6) is 5.75 Å². The molecule has 0 spiro atoms. The molecule has 8 heteroatoms. The third-order valence-corrected chi connectivity index (χ3v) is 6.83. The summed E-state index contributed by atoms with van der Waals surface area (Å²) < 4.78 is 6.29. The summed E-state index contributed by atoms with van der Waals surface area (Å²) in [7, 11) is 1.99. The fourth-order valence-electron chi connectivity index (χ4n) is 4.63. The highest BCUT2D eigenvalue weighted by atomic mass is 35.5. The van der Waals surface area contributed by atoms with Gasteiger partial charge in [-0.3, -0.25) is 5.01 Å². The van der Waals surface area contributed by atoms with Crippen molar-refractivity contribution >= 4 is 40.4 Å². The van der Waals surface area contributed by atoms with Crippen LogP contribution in [0, 0.1) is 0 Å². The molecule has 170 valence electrons. The molecule has 7 nitrogen and oxygen atoms in total. The summed E-state index contributed by atoms with van der Waals surface area (Å²) >= 11 is 6.59. The summed E-state index contributed by atoms with van der Waals surface area (Å²) in [6, 6.07) is 10.5. The smallest absolute Gasteiger partial charge is 0.227 e. The fraction of sp³-hybridized carbons (Fsp3) is 0.400. The zero-order chi connectivity index (χ0) is 22.4. The Labute approximate surface area is 198 Å². The molecule has 1 saturated heterocycles. The van der Waals surface area contributed by atoms with Crippen molar-refractivity contribution in [2.45, 2.75) is 37.2 Å². The molecule has 33 heavy (non-hydrogen) atoms. The topological polar surface area (TPSA) is 74.7 Å². The molecule has 1 saturated carbocycles. The van der Waals surface area contributed by atoms with Crippen molar-refractivity contribution in [1.82, 2.24) is 20.3 Å². The maximum absolute atomic E-state index is 6.59. The quantitative estimate of drug-likeness (QED) is 0.555. The number of hydrogen-bond donors (Lipinski definition) is 2. The largest absolute Gasteiger partial charge is 0.489 e. The number of ether oxygens (including phenoxy) is 1. The number of rotatable bonds is 6. The predicted octanol–water partition coefficient (Wildman–Crippen LogP) is 4.66. The number of hydrazone groups is 1. The van der Waals surface area contributed by atoms with Crippen molar-refractivity contribution in [2.75, 3.05) is 32.0 Å². The Morgan fingerprint density at radius 3 is 2.79 bits per heavy atom. The van der Waals surface area contributed by atoms with E-state index in [9.17, 15) is 0 Å². The van der Waals surface area contributed by atoms with Gasteiger partial charge in [0.25, 0.3) is 0 Å². The second-order valence-corrected chi connectivity index (χ2v) is 9.68. The summed E-state index contributed by atoms with van der Waals surface area (Å²) in [6.45, 7) is 2.71. The van der Waals surface area contributed by atoms with Crippen LogP contribution in [0.4, 0.5) is 11.6 Å². The van der Waals surface area contributed by atoms with E-state index < -0.39 is 0 Å². The molecule has 2 atom stereocenters. The summed E-state index contributed by atoms with van der Waals surface area (Å²) in [5.74, 6) is 2.22. The highest BCUT2D eigenvalue weighted by molar-refractivity contribution is 6.35. The third kappa shape index (κ3) is 4.48. The first-order chi connectivity index (χ1) is 16.1. The first-order valence-corrected chi connectivity index (χ1v) is 12.0. The van der Waals surface area contributed by atoms with Gasteiger partial charge in [0.2, 0.25) is 5.95 Å². The van der Waals surface area contributed by atoms with Crippen molar-refractivity contribution < 1.29 is 4.74 Å². The van der Waals surface area contributed by atoms with Crippen molar-refractivity contribution in [3.63, 3.8) is 0 Å². The molecule has 1 unspecified atom stereocenters. The molecule has 2 aromatic carbocycles. The lowest BCUT2D eigenvalue weighted by Gasteiger charge is -2.18. The van der Waals surface area contributed by atoms with Crippen LogP contribution in [0.3, 0.4) is 0 Å². The Hall–Kier alpha value is -2.90. The summed E-state index contributed by atoms with van der Waals surface area (Å²) in [5, 5.41) is 14.8. The van der Waals surface area contributed by atoms with E-state index in [4.69, 9.17) is 21.3 Å². The van der Waals surface area contributed by atoms with Gasteiger partial charge in [0.05, 0.1) is 10.5 Å². The minimum Gasteiger partial charge on any atom is -0.489 e. The molecule has 2 aliphatic heterocycles. The second-order valence-electron chi connectivity index (χ2n) is 9.27. The highest BCUT2D eigenvalue weighted by Gasteiger charge is 2.25. The predicted molar refractivity (Wildman–Crippen MR) is 132 cm³/mol. The third-order valence-electron chi connectivity index (χ3n) is 6.54. The molecule has 0 bridgehead atoms. The van der Waals surface area contributed by atoms with Crippen molar-refractivity contribution in [3.8, 4) is 5.75 Å². The Bertz CT molecular complexity index is 1220. The molecular formula is C25H27ClN6O. The van der Waals surface area contributed by atoms with E-state index in [1.165, 1.54) is 18.4 Å². The van der Waals surface area contributed by atoms with Gasteiger partial charge < -0.3 is 15.4 Å². The van der Waals surface area contributed by atoms with Crippen LogP contribution < -0.4 is 15.4 Å². The van der Waals surface area contributed by atoms with Crippen LogP contribution >= 0.6 is 11.6 Å². The fourth-order valence-corrected chi connectivity index (χ4v) is 4.91. The van der Waals surface area contributed by atoms with Crippen LogP contribution in [-0.4, -0.2) is 54.0 Å². The van der Waals surface area contributed by atoms with Crippen molar-refractivity contribution in [1.29, 1.82) is 0 Å². The standard InChI is InChI=1S/C25H27ClN6O/c1-32-14-19(12-29-32)17-7-20(10-22(8-17)33-21-4-5-27-13-21)30-25-28-11-18-6-16(15-2-3-15)9-23(26)24(18)31-25/h6-12,15,19,21,27H,2-5,13-14H2,1H3,(H,28,30,31)/t19?,21-/m0/s1. The van der Waals surface area contributed by atoms with E-state index >= 15 is 0 Å². The molecule has 2 N–H and O–H groups in total. The lowest BCUT2D eigenvalue weighted by atomic mass is 10.00. The van der Waals surface area contributed by atoms with Gasteiger partial charge in [-0.1, -0.05) is 11.6 Å².